The Morgan fingerprint density at radius 1 is 0.663 bits per heavy atom. The molecular formula is C61H82Cl2N6O14. The fourth-order valence-corrected chi connectivity index (χ4v) is 7.72. The highest BCUT2D eigenvalue weighted by Crippen LogP contribution is 2.25. The summed E-state index contributed by atoms with van der Waals surface area (Å²) in [5, 5.41) is 11.7. The third-order valence-electron chi connectivity index (χ3n) is 11.9. The molecule has 0 spiro atoms. The molecule has 83 heavy (non-hydrogen) atoms. The molecule has 2 rings (SSSR count). The molecule has 2 aliphatic rings. The lowest BCUT2D eigenvalue weighted by Gasteiger charge is -2.29. The summed E-state index contributed by atoms with van der Waals surface area (Å²) in [6.07, 6.45) is 22.3. The molecule has 0 radical (unpaired) electrons. The predicted molar refractivity (Wildman–Crippen MR) is 318 cm³/mol. The highest BCUT2D eigenvalue weighted by Gasteiger charge is 2.33. The Morgan fingerprint density at radius 3 is 1.41 bits per heavy atom. The number of ether oxygens (including phenoxy) is 6. The first-order valence-electron chi connectivity index (χ1n) is 26.7. The molecule has 2 aliphatic heterocycles. The number of nitrogens with one attached hydrogen (secondary N) is 4. The normalized spacial score (nSPS) is 18.2. The topological polar surface area (TPSA) is 292 Å². The van der Waals surface area contributed by atoms with Crippen molar-refractivity contribution in [3.05, 3.63) is 118 Å². The number of carbonyl (C=O) groups is 8. The third-order valence-corrected chi connectivity index (χ3v) is 12.2. The van der Waals surface area contributed by atoms with Crippen LogP contribution in [0.15, 0.2) is 118 Å². The van der Waals surface area contributed by atoms with E-state index in [4.69, 9.17) is 63.1 Å². The Hall–Kier alpha value is -7.94. The van der Waals surface area contributed by atoms with Gasteiger partial charge in [-0.25, -0.2) is 19.2 Å². The van der Waals surface area contributed by atoms with Crippen LogP contribution in [-0.4, -0.2) is 98.5 Å². The van der Waals surface area contributed by atoms with Crippen LogP contribution in [0.5, 0.6) is 0 Å². The molecule has 0 saturated heterocycles. The van der Waals surface area contributed by atoms with Gasteiger partial charge in [-0.05, 0) is 87.6 Å². The molecule has 454 valence electrons. The number of nitrogens with two attached hydrogens (primary N) is 2. The summed E-state index contributed by atoms with van der Waals surface area (Å²) in [5.41, 5.74) is 11.4. The monoisotopic (exact) mass is 1190 g/mol. The molecule has 0 bridgehead atoms. The molecular weight excluding hydrogens is 1110 g/mol. The summed E-state index contributed by atoms with van der Waals surface area (Å²) in [6.45, 7) is 20.1. The van der Waals surface area contributed by atoms with Crippen molar-refractivity contribution < 1.29 is 66.8 Å². The molecule has 0 aromatic heterocycles. The van der Waals surface area contributed by atoms with Crippen molar-refractivity contribution in [3.63, 3.8) is 0 Å². The lowest BCUT2D eigenvalue weighted by molar-refractivity contribution is -0.152. The van der Waals surface area contributed by atoms with Crippen molar-refractivity contribution >= 4 is 71.0 Å². The molecule has 8 atom stereocenters. The molecule has 6 amide bonds. The van der Waals surface area contributed by atoms with E-state index in [2.05, 4.69) is 44.9 Å². The molecule has 2 heterocycles. The number of allylic oxidation sites excluding steroid dienone is 8. The first kappa shape index (κ1) is 73.1. The number of amides is 6. The average Bonchev–Trinajstić information content (AvgIpc) is 3.52. The molecule has 20 nitrogen and oxygen atoms in total. The van der Waals surface area contributed by atoms with Crippen LogP contribution in [0.25, 0.3) is 0 Å². The van der Waals surface area contributed by atoms with E-state index in [9.17, 15) is 38.4 Å². The van der Waals surface area contributed by atoms with E-state index in [0.717, 1.165) is 11.1 Å². The van der Waals surface area contributed by atoms with Crippen LogP contribution >= 0.6 is 23.2 Å². The van der Waals surface area contributed by atoms with Crippen LogP contribution in [0.4, 0.5) is 9.59 Å². The van der Waals surface area contributed by atoms with Crippen LogP contribution in [-0.2, 0) is 57.2 Å². The zero-order chi connectivity index (χ0) is 62.8. The molecule has 0 aromatic carbocycles. The molecule has 0 fully saturated rings. The molecule has 8 N–H and O–H groups in total. The van der Waals surface area contributed by atoms with E-state index in [-0.39, 0.29) is 41.5 Å². The minimum atomic E-state index is -0.906. The van der Waals surface area contributed by atoms with Crippen molar-refractivity contribution in [1.82, 2.24) is 21.3 Å². The lowest BCUT2D eigenvalue weighted by atomic mass is 9.86. The van der Waals surface area contributed by atoms with E-state index in [1.54, 1.807) is 76.3 Å². The number of cyclic esters (lactones) is 2. The van der Waals surface area contributed by atoms with Crippen molar-refractivity contribution in [2.75, 3.05) is 14.2 Å². The van der Waals surface area contributed by atoms with Gasteiger partial charge in [0.05, 0.1) is 14.2 Å². The van der Waals surface area contributed by atoms with Gasteiger partial charge < -0.3 is 61.2 Å². The largest absolute Gasteiger partial charge is 0.490 e. The van der Waals surface area contributed by atoms with Crippen molar-refractivity contribution in [1.29, 1.82) is 0 Å². The molecule has 0 aliphatic carbocycles. The predicted octanol–water partition coefficient (Wildman–Crippen LogP) is 8.65. The SMILES string of the molecule is COC1=CC[C@@H]([C@@H](C)/C=C(C)/C=C\C#CC(=O)N[C@H](C(=O)N/C=C\C[C@H](C/C=C(\C)Cl)OC(N)=O)C(C)(C)C)OC1=O.COC1=CC[C@@H]([C@@H](C)/C=C(C)/C=C\C#CC(=O)N[C@H](C(=O)N/C=C\C[C@H](C/C=C(\C)Cl)OC(N)=O)C(C)C)OC1=O. The van der Waals surface area contributed by atoms with E-state index in [0.29, 0.717) is 48.6 Å². The van der Waals surface area contributed by atoms with Crippen LogP contribution in [0.3, 0.4) is 0 Å². The Bertz CT molecular complexity index is 2720. The summed E-state index contributed by atoms with van der Waals surface area (Å²) in [5.74, 6) is 7.38. The Kier molecular flexibility index (Phi) is 34.1. The summed E-state index contributed by atoms with van der Waals surface area (Å²) >= 11 is 11.7. The number of esters is 2. The van der Waals surface area contributed by atoms with Crippen LogP contribution < -0.4 is 32.7 Å². The maximum atomic E-state index is 12.8. The highest BCUT2D eigenvalue weighted by atomic mass is 35.5. The lowest BCUT2D eigenvalue weighted by Crippen LogP contribution is -2.52. The number of methoxy groups -OCH3 is 2. The zero-order valence-corrected chi connectivity index (χ0v) is 51.2. The van der Waals surface area contributed by atoms with Crippen molar-refractivity contribution in [2.45, 2.75) is 151 Å². The second-order valence-electron chi connectivity index (χ2n) is 20.6. The average molecular weight is 1190 g/mol. The van der Waals surface area contributed by atoms with Gasteiger partial charge in [0, 0.05) is 60.4 Å². The highest BCUT2D eigenvalue weighted by molar-refractivity contribution is 6.29. The van der Waals surface area contributed by atoms with Gasteiger partial charge in [0.1, 0.15) is 36.5 Å². The summed E-state index contributed by atoms with van der Waals surface area (Å²) in [4.78, 5) is 96.3. The summed E-state index contributed by atoms with van der Waals surface area (Å²) in [7, 11) is 2.85. The van der Waals surface area contributed by atoms with Crippen molar-refractivity contribution in [3.8, 4) is 23.7 Å². The van der Waals surface area contributed by atoms with Gasteiger partial charge in [0.2, 0.25) is 11.8 Å². The number of hydrogen-bond acceptors (Lipinski definition) is 14. The molecule has 0 unspecified atom stereocenters. The molecule has 0 saturated carbocycles. The number of halogens is 2. The van der Waals surface area contributed by atoms with E-state index < -0.39 is 77.5 Å². The van der Waals surface area contributed by atoms with E-state index in [1.165, 1.54) is 38.8 Å². The maximum absolute atomic E-state index is 12.8. The number of carbonyl (C=O) groups excluding carboxylic acids is 8. The molecule has 0 aromatic rings. The van der Waals surface area contributed by atoms with Gasteiger partial charge in [-0.3, -0.25) is 19.2 Å². The maximum Gasteiger partial charge on any atom is 0.404 e. The van der Waals surface area contributed by atoms with Gasteiger partial charge in [-0.15, -0.1) is 0 Å². The number of primary amides is 2. The Morgan fingerprint density at radius 2 is 1.06 bits per heavy atom. The van der Waals surface area contributed by atoms with Gasteiger partial charge in [-0.1, -0.05) is 143 Å². The van der Waals surface area contributed by atoms with Crippen molar-refractivity contribution in [2.24, 2.45) is 34.6 Å². The van der Waals surface area contributed by atoms with Crippen LogP contribution in [0, 0.1) is 46.9 Å². The fourth-order valence-electron chi connectivity index (χ4n) is 7.54. The van der Waals surface area contributed by atoms with E-state index >= 15 is 0 Å². The van der Waals surface area contributed by atoms with Crippen LogP contribution in [0.1, 0.15) is 115 Å². The number of rotatable bonds is 25. The number of hydrogen-bond donors (Lipinski definition) is 6. The van der Waals surface area contributed by atoms with Gasteiger partial charge in [0.25, 0.3) is 11.8 Å². The summed E-state index contributed by atoms with van der Waals surface area (Å²) in [6, 6.07) is -1.70. The zero-order valence-electron chi connectivity index (χ0n) is 49.6. The fraction of sp³-hybridized carbons (Fsp3) is 0.475. The second-order valence-corrected chi connectivity index (χ2v) is 21.8. The van der Waals surface area contributed by atoms with Gasteiger partial charge in [0.15, 0.2) is 11.5 Å². The minimum absolute atomic E-state index is 0.0397. The standard InChI is InChI=1S/C31H42ClN3O7.C30H40ClN3O7/c1-20(19-21(2)24-16-17-25(40-7)29(38)42-24)11-8-9-13-26(36)35-27(31(4,5)6)28(37)34-18-10-12-23(41-30(33)39)15-14-22(3)32;1-19(2)27(28(36)33-17-9-11-23(40-30(32)38)14-13-22(5)31)34-26(35)12-8-7-10-20(3)18-21(4)24-15-16-25(39-6)29(37)41-24/h8,10-11,14,17-19,21,23-24,27H,12,15-16H2,1-7H3,(H2,33,39)(H,34,37)(H,35,36);7,9-10,13,16-19,21,23-24,27H,11,14-15H2,1-6H3,(H2,32,38)(H,33,36)(H,34,35)/b11-8-,18-10-,20-19+,22-14+;10-7-,17-9-,20-18+,22-13+/t21-,23+,24-,27+;21-,23+,24-,27-/m00/s1. The first-order valence-corrected chi connectivity index (χ1v) is 27.4. The second kappa shape index (κ2) is 38.7. The minimum Gasteiger partial charge on any atom is -0.490 e. The van der Waals surface area contributed by atoms with Gasteiger partial charge >= 0.3 is 24.1 Å². The van der Waals surface area contributed by atoms with Crippen LogP contribution in [0.2, 0.25) is 0 Å². The summed E-state index contributed by atoms with van der Waals surface area (Å²) < 4.78 is 30.8. The first-order chi connectivity index (χ1) is 39.0. The third kappa shape index (κ3) is 31.7. The van der Waals surface area contributed by atoms with Gasteiger partial charge in [-0.2, -0.15) is 0 Å². The molecule has 22 heteroatoms. The smallest absolute Gasteiger partial charge is 0.404 e. The quantitative estimate of drug-likeness (QED) is 0.0216. The Balaban J connectivity index is 0.000000830. The Labute approximate surface area is 498 Å². The van der Waals surface area contributed by atoms with E-state index in [1.807, 2.05) is 60.6 Å².